The second-order valence-electron chi connectivity index (χ2n) is 9.74. The van der Waals surface area contributed by atoms with E-state index in [0.717, 1.165) is 0 Å². The lowest BCUT2D eigenvalue weighted by Crippen LogP contribution is -2.27. The molecule has 0 bridgehead atoms. The normalized spacial score (nSPS) is 11.0. The molecule has 232 valence electrons. The molecule has 2 aromatic heterocycles. The molecule has 0 aliphatic rings. The maximum absolute atomic E-state index is 14.5. The van der Waals surface area contributed by atoms with Crippen LogP contribution in [0.5, 0.6) is 11.5 Å². The van der Waals surface area contributed by atoms with Crippen molar-refractivity contribution in [2.45, 2.75) is 19.8 Å². The zero-order valence-electron chi connectivity index (χ0n) is 25.2. The number of para-hydroxylation sites is 2. The molecule has 0 saturated carbocycles. The zero-order valence-corrected chi connectivity index (χ0v) is 25.2. The number of nitrogens with zero attached hydrogens (tertiary/aromatic N) is 2. The summed E-state index contributed by atoms with van der Waals surface area (Å²) in [6, 6.07) is 22.1. The van der Waals surface area contributed by atoms with Crippen LogP contribution in [0.4, 0.5) is 0 Å². The standard InChI is InChI=1S/C33H32N4O8/c1-5-44-32(40)28-26(30(38)36(34-28)20-13-9-7-10-14-20)25(23-19-22(42-3)17-18-24(23)43-4)27-29(33(41)45-6-2)35-37(31(27)39)21-15-11-8-12-16-21/h7-19,25,34-35H,5-6H2,1-4H3. The first-order chi connectivity index (χ1) is 21.8. The molecule has 45 heavy (non-hydrogen) atoms. The molecule has 0 aliphatic heterocycles. The predicted octanol–water partition coefficient (Wildman–Crippen LogP) is 4.20. The molecule has 0 atom stereocenters. The topological polar surface area (TPSA) is 147 Å². The van der Waals surface area contributed by atoms with Crippen molar-refractivity contribution in [2.75, 3.05) is 27.4 Å². The Hall–Kier alpha value is -5.78. The Bertz CT molecular complexity index is 1820. The molecule has 12 nitrogen and oxygen atoms in total. The van der Waals surface area contributed by atoms with Gasteiger partial charge in [-0.2, -0.15) is 0 Å². The smallest absolute Gasteiger partial charge is 0.356 e. The van der Waals surface area contributed by atoms with Crippen molar-refractivity contribution < 1.29 is 28.5 Å². The molecule has 2 heterocycles. The van der Waals surface area contributed by atoms with E-state index in [1.807, 2.05) is 0 Å². The zero-order chi connectivity index (χ0) is 32.1. The highest BCUT2D eigenvalue weighted by atomic mass is 16.5. The fourth-order valence-corrected chi connectivity index (χ4v) is 5.19. The van der Waals surface area contributed by atoms with Crippen molar-refractivity contribution in [3.05, 3.63) is 128 Å². The predicted molar refractivity (Wildman–Crippen MR) is 165 cm³/mol. The van der Waals surface area contributed by atoms with Crippen molar-refractivity contribution in [3.8, 4) is 22.9 Å². The molecular formula is C33H32N4O8. The highest BCUT2D eigenvalue weighted by molar-refractivity contribution is 5.92. The van der Waals surface area contributed by atoms with Gasteiger partial charge in [0, 0.05) is 5.56 Å². The van der Waals surface area contributed by atoms with Crippen molar-refractivity contribution in [2.24, 2.45) is 0 Å². The average Bonchev–Trinajstić information content (AvgIpc) is 3.59. The van der Waals surface area contributed by atoms with Crippen LogP contribution in [0.25, 0.3) is 11.4 Å². The molecule has 0 spiro atoms. The Kier molecular flexibility index (Phi) is 9.03. The first-order valence-corrected chi connectivity index (χ1v) is 14.2. The SMILES string of the molecule is CCOC(=O)c1[nH]n(-c2ccccc2)c(=O)c1C(c1cc(OC)ccc1OC)c1c(C(=O)OCC)[nH]n(-c2ccccc2)c1=O. The summed E-state index contributed by atoms with van der Waals surface area (Å²) in [5, 5.41) is 5.78. The number of methoxy groups -OCH3 is 2. The van der Waals surface area contributed by atoms with Gasteiger partial charge in [-0.05, 0) is 56.3 Å². The van der Waals surface area contributed by atoms with E-state index in [1.165, 1.54) is 23.6 Å². The number of hydrogen-bond donors (Lipinski definition) is 2. The van der Waals surface area contributed by atoms with Crippen LogP contribution in [0.3, 0.4) is 0 Å². The Labute approximate surface area is 257 Å². The third-order valence-electron chi connectivity index (χ3n) is 7.17. The number of carbonyl (C=O) groups excluding carboxylic acids is 2. The van der Waals surface area contributed by atoms with E-state index in [9.17, 15) is 19.2 Å². The number of rotatable bonds is 11. The van der Waals surface area contributed by atoms with E-state index in [-0.39, 0.29) is 47.0 Å². The van der Waals surface area contributed by atoms with Crippen LogP contribution in [0.1, 0.15) is 57.4 Å². The highest BCUT2D eigenvalue weighted by Crippen LogP contribution is 2.39. The second kappa shape index (κ2) is 13.2. The molecule has 3 aromatic carbocycles. The number of aromatic nitrogens is 4. The lowest BCUT2D eigenvalue weighted by atomic mass is 9.84. The van der Waals surface area contributed by atoms with Crippen molar-refractivity contribution in [3.63, 3.8) is 0 Å². The van der Waals surface area contributed by atoms with Gasteiger partial charge in [0.05, 0.1) is 55.9 Å². The molecule has 0 saturated heterocycles. The average molecular weight is 613 g/mol. The van der Waals surface area contributed by atoms with Crippen molar-refractivity contribution >= 4 is 11.9 Å². The number of ether oxygens (including phenoxy) is 4. The molecule has 0 fully saturated rings. The Morgan fingerprint density at radius 2 is 1.16 bits per heavy atom. The van der Waals surface area contributed by atoms with Gasteiger partial charge in [-0.1, -0.05) is 36.4 Å². The van der Waals surface area contributed by atoms with Gasteiger partial charge in [-0.15, -0.1) is 0 Å². The van der Waals surface area contributed by atoms with Crippen molar-refractivity contribution in [1.29, 1.82) is 0 Å². The van der Waals surface area contributed by atoms with Crippen LogP contribution in [-0.4, -0.2) is 58.9 Å². The first kappa shape index (κ1) is 30.7. The number of hydrogen-bond acceptors (Lipinski definition) is 8. The number of benzene rings is 3. The molecule has 0 radical (unpaired) electrons. The van der Waals surface area contributed by atoms with E-state index in [0.29, 0.717) is 17.1 Å². The third kappa shape index (κ3) is 5.77. The third-order valence-corrected chi connectivity index (χ3v) is 7.17. The van der Waals surface area contributed by atoms with Gasteiger partial charge in [-0.3, -0.25) is 19.8 Å². The van der Waals surface area contributed by atoms with Crippen LogP contribution in [0.15, 0.2) is 88.5 Å². The van der Waals surface area contributed by atoms with Gasteiger partial charge < -0.3 is 18.9 Å². The largest absolute Gasteiger partial charge is 0.497 e. The van der Waals surface area contributed by atoms with E-state index in [2.05, 4.69) is 10.2 Å². The van der Waals surface area contributed by atoms with Crippen LogP contribution in [0, 0.1) is 0 Å². The van der Waals surface area contributed by atoms with E-state index in [4.69, 9.17) is 18.9 Å². The summed E-state index contributed by atoms with van der Waals surface area (Å²) in [6.45, 7) is 3.30. The fourth-order valence-electron chi connectivity index (χ4n) is 5.19. The Balaban J connectivity index is 1.95. The fraction of sp³-hybridized carbons (Fsp3) is 0.212. The van der Waals surface area contributed by atoms with Gasteiger partial charge >= 0.3 is 11.9 Å². The summed E-state index contributed by atoms with van der Waals surface area (Å²) >= 11 is 0. The highest BCUT2D eigenvalue weighted by Gasteiger charge is 2.38. The summed E-state index contributed by atoms with van der Waals surface area (Å²) < 4.78 is 24.3. The van der Waals surface area contributed by atoms with Gasteiger partial charge in [0.15, 0.2) is 11.4 Å². The second-order valence-corrected chi connectivity index (χ2v) is 9.74. The van der Waals surface area contributed by atoms with Gasteiger partial charge in [-0.25, -0.2) is 19.0 Å². The monoisotopic (exact) mass is 612 g/mol. The van der Waals surface area contributed by atoms with Crippen LogP contribution >= 0.6 is 0 Å². The van der Waals surface area contributed by atoms with E-state index >= 15 is 0 Å². The molecule has 5 rings (SSSR count). The Morgan fingerprint density at radius 3 is 1.56 bits per heavy atom. The van der Waals surface area contributed by atoms with Gasteiger partial charge in [0.25, 0.3) is 11.1 Å². The molecule has 0 aliphatic carbocycles. The summed E-state index contributed by atoms with van der Waals surface area (Å²) in [5.41, 5.74) is -0.878. The van der Waals surface area contributed by atoms with Gasteiger partial charge in [0.1, 0.15) is 11.5 Å². The lowest BCUT2D eigenvalue weighted by Gasteiger charge is -2.20. The van der Waals surface area contributed by atoms with Crippen LogP contribution < -0.4 is 20.6 Å². The van der Waals surface area contributed by atoms with Crippen LogP contribution in [-0.2, 0) is 9.47 Å². The van der Waals surface area contributed by atoms with Crippen molar-refractivity contribution in [1.82, 2.24) is 19.6 Å². The van der Waals surface area contributed by atoms with E-state index in [1.54, 1.807) is 92.7 Å². The number of nitrogens with one attached hydrogen (secondary N) is 2. The molecule has 2 N–H and O–H groups in total. The van der Waals surface area contributed by atoms with E-state index < -0.39 is 29.0 Å². The number of H-pyrrole nitrogens is 2. The number of esters is 2. The van der Waals surface area contributed by atoms with Gasteiger partial charge in [0.2, 0.25) is 0 Å². The minimum absolute atomic E-state index is 0.0169. The molecule has 5 aromatic rings. The summed E-state index contributed by atoms with van der Waals surface area (Å²) in [5.74, 6) is -2.37. The summed E-state index contributed by atoms with van der Waals surface area (Å²) in [6.07, 6.45) is 0. The minimum Gasteiger partial charge on any atom is -0.497 e. The maximum atomic E-state index is 14.5. The Morgan fingerprint density at radius 1 is 0.689 bits per heavy atom. The summed E-state index contributed by atoms with van der Waals surface area (Å²) in [4.78, 5) is 55.9. The first-order valence-electron chi connectivity index (χ1n) is 14.2. The molecular weight excluding hydrogens is 580 g/mol. The number of aromatic amines is 2. The minimum atomic E-state index is -1.35. The molecule has 0 unspecified atom stereocenters. The van der Waals surface area contributed by atoms with Crippen LogP contribution in [0.2, 0.25) is 0 Å². The maximum Gasteiger partial charge on any atom is 0.356 e. The molecule has 12 heteroatoms. The quantitative estimate of drug-likeness (QED) is 0.211. The molecule has 0 amide bonds. The lowest BCUT2D eigenvalue weighted by molar-refractivity contribution is 0.0510. The number of carbonyl (C=O) groups is 2. The summed E-state index contributed by atoms with van der Waals surface area (Å²) in [7, 11) is 2.89.